The molecule has 1 rings (SSSR count). The minimum absolute atomic E-state index is 0.0590. The van der Waals surface area contributed by atoms with Gasteiger partial charge in [0.25, 0.3) is 0 Å². The number of aliphatic carboxylic acids is 1. The van der Waals surface area contributed by atoms with E-state index >= 15 is 0 Å². The normalized spacial score (nSPS) is 11.2. The molecule has 1 aromatic carbocycles. The van der Waals surface area contributed by atoms with Crippen LogP contribution in [0, 0.1) is 5.41 Å². The molecular formula is C13H16O5. The molecule has 0 amide bonds. The summed E-state index contributed by atoms with van der Waals surface area (Å²) in [7, 11) is 0. The van der Waals surface area contributed by atoms with Gasteiger partial charge in [-0.2, -0.15) is 0 Å². The third-order valence-corrected chi connectivity index (χ3v) is 2.57. The Labute approximate surface area is 105 Å². The summed E-state index contributed by atoms with van der Waals surface area (Å²) in [4.78, 5) is 22.6. The molecule has 0 aliphatic rings. The predicted molar refractivity (Wildman–Crippen MR) is 64.8 cm³/mol. The number of aromatic hydroxyl groups is 2. The predicted octanol–water partition coefficient (Wildman–Crippen LogP) is 2.17. The van der Waals surface area contributed by atoms with E-state index in [1.54, 1.807) is 13.8 Å². The fourth-order valence-corrected chi connectivity index (χ4v) is 1.71. The first kappa shape index (κ1) is 14.0. The number of benzene rings is 1. The van der Waals surface area contributed by atoms with Crippen molar-refractivity contribution in [3.8, 4) is 11.5 Å². The molecule has 0 atom stereocenters. The summed E-state index contributed by atoms with van der Waals surface area (Å²) >= 11 is 0. The van der Waals surface area contributed by atoms with Crippen LogP contribution in [0.3, 0.4) is 0 Å². The van der Waals surface area contributed by atoms with Gasteiger partial charge in [-0.3, -0.25) is 9.59 Å². The Kier molecular flexibility index (Phi) is 3.96. The standard InChI is InChI=1S/C13H16O5/c1-13(2,7-12(17)18)6-11(16)8-3-4-9(14)10(15)5-8/h3-5,14-15H,6-7H2,1-2H3,(H,17,18). The second kappa shape index (κ2) is 5.08. The van der Waals surface area contributed by atoms with E-state index in [0.717, 1.165) is 0 Å². The third kappa shape index (κ3) is 3.76. The highest BCUT2D eigenvalue weighted by molar-refractivity contribution is 5.97. The number of carboxylic acids is 1. The molecule has 0 spiro atoms. The molecule has 1 aromatic rings. The number of Topliss-reactive ketones (excluding diaryl/α,β-unsaturated/α-hetero) is 1. The van der Waals surface area contributed by atoms with Crippen molar-refractivity contribution in [1.29, 1.82) is 0 Å². The van der Waals surface area contributed by atoms with Gasteiger partial charge in [0.1, 0.15) is 0 Å². The lowest BCUT2D eigenvalue weighted by atomic mass is 9.82. The van der Waals surface area contributed by atoms with Crippen LogP contribution in [0.2, 0.25) is 0 Å². The van der Waals surface area contributed by atoms with E-state index in [1.165, 1.54) is 18.2 Å². The van der Waals surface area contributed by atoms with Crippen molar-refractivity contribution in [2.45, 2.75) is 26.7 Å². The van der Waals surface area contributed by atoms with Gasteiger partial charge in [-0.1, -0.05) is 13.8 Å². The molecule has 0 radical (unpaired) electrons. The Morgan fingerprint density at radius 3 is 2.22 bits per heavy atom. The van der Waals surface area contributed by atoms with Crippen LogP contribution >= 0.6 is 0 Å². The van der Waals surface area contributed by atoms with Gasteiger partial charge in [-0.05, 0) is 23.6 Å². The number of phenols is 2. The minimum Gasteiger partial charge on any atom is -0.504 e. The summed E-state index contributed by atoms with van der Waals surface area (Å²) in [5, 5.41) is 27.2. The lowest BCUT2D eigenvalue weighted by Gasteiger charge is -2.21. The van der Waals surface area contributed by atoms with Gasteiger partial charge in [0.05, 0.1) is 6.42 Å². The summed E-state index contributed by atoms with van der Waals surface area (Å²) < 4.78 is 0. The molecule has 0 saturated heterocycles. The summed E-state index contributed by atoms with van der Waals surface area (Å²) in [6.45, 7) is 3.39. The maximum absolute atomic E-state index is 11.9. The summed E-state index contributed by atoms with van der Waals surface area (Å²) in [5.74, 6) is -1.88. The van der Waals surface area contributed by atoms with Gasteiger partial charge in [0.15, 0.2) is 17.3 Å². The molecule has 18 heavy (non-hydrogen) atoms. The van der Waals surface area contributed by atoms with Crippen LogP contribution in [0.25, 0.3) is 0 Å². The van der Waals surface area contributed by atoms with E-state index in [2.05, 4.69) is 0 Å². The van der Waals surface area contributed by atoms with E-state index in [1.807, 2.05) is 0 Å². The Hall–Kier alpha value is -2.04. The lowest BCUT2D eigenvalue weighted by Crippen LogP contribution is -2.21. The first-order valence-electron chi connectivity index (χ1n) is 5.48. The fourth-order valence-electron chi connectivity index (χ4n) is 1.71. The maximum atomic E-state index is 11.9. The van der Waals surface area contributed by atoms with Gasteiger partial charge in [-0.25, -0.2) is 0 Å². The van der Waals surface area contributed by atoms with Crippen molar-refractivity contribution in [3.05, 3.63) is 23.8 Å². The van der Waals surface area contributed by atoms with E-state index in [4.69, 9.17) is 10.2 Å². The molecule has 0 aliphatic heterocycles. The smallest absolute Gasteiger partial charge is 0.303 e. The highest BCUT2D eigenvalue weighted by atomic mass is 16.4. The van der Waals surface area contributed by atoms with Crippen LogP contribution in [0.1, 0.15) is 37.0 Å². The Morgan fingerprint density at radius 1 is 1.11 bits per heavy atom. The molecule has 0 saturated carbocycles. The molecular weight excluding hydrogens is 236 g/mol. The van der Waals surface area contributed by atoms with Gasteiger partial charge in [-0.15, -0.1) is 0 Å². The highest BCUT2D eigenvalue weighted by Gasteiger charge is 2.26. The monoisotopic (exact) mass is 252 g/mol. The number of carbonyl (C=O) groups is 2. The van der Waals surface area contributed by atoms with Crippen LogP contribution < -0.4 is 0 Å². The second-order valence-corrected chi connectivity index (χ2v) is 5.04. The van der Waals surface area contributed by atoms with E-state index in [9.17, 15) is 14.7 Å². The SMILES string of the molecule is CC(C)(CC(=O)O)CC(=O)c1ccc(O)c(O)c1. The Balaban J connectivity index is 2.82. The number of hydrogen-bond acceptors (Lipinski definition) is 4. The molecule has 0 unspecified atom stereocenters. The number of carbonyl (C=O) groups excluding carboxylic acids is 1. The summed E-state index contributed by atoms with van der Waals surface area (Å²) in [6.07, 6.45) is -0.0493. The van der Waals surface area contributed by atoms with Crippen LogP contribution in [0.4, 0.5) is 0 Å². The molecule has 0 bridgehead atoms. The van der Waals surface area contributed by atoms with Crippen molar-refractivity contribution in [2.75, 3.05) is 0 Å². The fraction of sp³-hybridized carbons (Fsp3) is 0.385. The molecule has 0 heterocycles. The quantitative estimate of drug-likeness (QED) is 0.551. The highest BCUT2D eigenvalue weighted by Crippen LogP contribution is 2.30. The number of ketones is 1. The zero-order chi connectivity index (χ0) is 13.9. The number of phenolic OH excluding ortho intramolecular Hbond substituents is 2. The van der Waals surface area contributed by atoms with Crippen molar-refractivity contribution in [2.24, 2.45) is 5.41 Å². The van der Waals surface area contributed by atoms with Crippen molar-refractivity contribution in [3.63, 3.8) is 0 Å². The number of rotatable bonds is 5. The van der Waals surface area contributed by atoms with Crippen LogP contribution in [-0.2, 0) is 4.79 Å². The Bertz CT molecular complexity index is 476. The molecule has 5 nitrogen and oxygen atoms in total. The number of hydrogen-bond donors (Lipinski definition) is 3. The maximum Gasteiger partial charge on any atom is 0.303 e. The zero-order valence-electron chi connectivity index (χ0n) is 10.3. The average Bonchev–Trinajstić information content (AvgIpc) is 2.19. The van der Waals surface area contributed by atoms with Crippen LogP contribution in [-0.4, -0.2) is 27.1 Å². The zero-order valence-corrected chi connectivity index (χ0v) is 10.3. The molecule has 5 heteroatoms. The second-order valence-electron chi connectivity index (χ2n) is 5.04. The summed E-state index contributed by atoms with van der Waals surface area (Å²) in [5.41, 5.74) is -0.403. The molecule has 0 aliphatic carbocycles. The molecule has 0 aromatic heterocycles. The van der Waals surface area contributed by atoms with Crippen molar-refractivity contribution >= 4 is 11.8 Å². The average molecular weight is 252 g/mol. The molecule has 98 valence electrons. The van der Waals surface area contributed by atoms with Gasteiger partial charge in [0.2, 0.25) is 0 Å². The van der Waals surface area contributed by atoms with E-state index in [-0.39, 0.29) is 35.7 Å². The first-order chi connectivity index (χ1) is 8.21. The van der Waals surface area contributed by atoms with Crippen LogP contribution in [0.5, 0.6) is 11.5 Å². The molecule has 0 fully saturated rings. The molecule has 3 N–H and O–H groups in total. The Morgan fingerprint density at radius 2 is 1.72 bits per heavy atom. The van der Waals surface area contributed by atoms with E-state index < -0.39 is 11.4 Å². The third-order valence-electron chi connectivity index (χ3n) is 2.57. The van der Waals surface area contributed by atoms with E-state index in [0.29, 0.717) is 0 Å². The van der Waals surface area contributed by atoms with Crippen molar-refractivity contribution < 1.29 is 24.9 Å². The lowest BCUT2D eigenvalue weighted by molar-refractivity contribution is -0.139. The summed E-state index contributed by atoms with van der Waals surface area (Å²) in [6, 6.07) is 3.80. The van der Waals surface area contributed by atoms with Crippen molar-refractivity contribution in [1.82, 2.24) is 0 Å². The largest absolute Gasteiger partial charge is 0.504 e. The van der Waals surface area contributed by atoms with Gasteiger partial charge >= 0.3 is 5.97 Å². The van der Waals surface area contributed by atoms with Crippen LogP contribution in [0.15, 0.2) is 18.2 Å². The first-order valence-corrected chi connectivity index (χ1v) is 5.48. The number of carboxylic acid groups (broad SMARTS) is 1. The van der Waals surface area contributed by atoms with Gasteiger partial charge < -0.3 is 15.3 Å². The minimum atomic E-state index is -0.957. The topological polar surface area (TPSA) is 94.8 Å². The van der Waals surface area contributed by atoms with Gasteiger partial charge in [0, 0.05) is 12.0 Å².